The van der Waals surface area contributed by atoms with Gasteiger partial charge in [0, 0.05) is 6.54 Å². The molecule has 0 saturated carbocycles. The largest absolute Gasteiger partial charge is 0.253 e. The molecular formula is C13H13F2NO2S2. The molecule has 0 atom stereocenters. The van der Waals surface area contributed by atoms with E-state index in [-0.39, 0.29) is 10.8 Å². The summed E-state index contributed by atoms with van der Waals surface area (Å²) >= 11 is 1.02. The van der Waals surface area contributed by atoms with Gasteiger partial charge in [-0.15, -0.1) is 11.3 Å². The molecule has 7 heteroatoms. The smallest absolute Gasteiger partial charge is 0.209 e. The van der Waals surface area contributed by atoms with Crippen LogP contribution in [-0.2, 0) is 16.6 Å². The van der Waals surface area contributed by atoms with Crippen molar-refractivity contribution in [3.8, 4) is 0 Å². The van der Waals surface area contributed by atoms with Gasteiger partial charge in [0.2, 0.25) is 0 Å². The Kier molecular flexibility index (Phi) is 4.85. The summed E-state index contributed by atoms with van der Waals surface area (Å²) in [6.45, 7) is -0.874. The molecule has 2 aromatic rings. The van der Waals surface area contributed by atoms with Crippen LogP contribution in [0.25, 0.3) is 0 Å². The van der Waals surface area contributed by atoms with Gasteiger partial charge < -0.3 is 0 Å². The summed E-state index contributed by atoms with van der Waals surface area (Å²) in [6.07, 6.45) is -2.71. The van der Waals surface area contributed by atoms with Gasteiger partial charge >= 0.3 is 0 Å². The lowest BCUT2D eigenvalue weighted by molar-refractivity contribution is 0.118. The van der Waals surface area contributed by atoms with Gasteiger partial charge in [0.05, 0.1) is 6.54 Å². The van der Waals surface area contributed by atoms with E-state index in [1.54, 1.807) is 41.8 Å². The van der Waals surface area contributed by atoms with Gasteiger partial charge in [-0.05, 0) is 17.0 Å². The highest BCUT2D eigenvalue weighted by Crippen LogP contribution is 2.23. The molecule has 0 spiro atoms. The SMILES string of the molecule is O=S(=O)(c1cccs1)N(Cc1ccccc1)CC(F)F. The Labute approximate surface area is 120 Å². The number of alkyl halides is 2. The highest BCUT2D eigenvalue weighted by molar-refractivity contribution is 7.91. The molecule has 0 fully saturated rings. The number of thiophene rings is 1. The second-order valence-corrected chi connectivity index (χ2v) is 7.22. The molecule has 0 aliphatic rings. The quantitative estimate of drug-likeness (QED) is 0.820. The van der Waals surface area contributed by atoms with Gasteiger partial charge in [-0.1, -0.05) is 36.4 Å². The molecule has 0 unspecified atom stereocenters. The van der Waals surface area contributed by atoms with Crippen LogP contribution in [0.15, 0.2) is 52.1 Å². The summed E-state index contributed by atoms with van der Waals surface area (Å²) in [5.74, 6) is 0. The number of benzene rings is 1. The van der Waals surface area contributed by atoms with Crippen molar-refractivity contribution in [2.45, 2.75) is 17.2 Å². The Morgan fingerprint density at radius 3 is 2.35 bits per heavy atom. The van der Waals surface area contributed by atoms with Crippen LogP contribution in [0.5, 0.6) is 0 Å². The van der Waals surface area contributed by atoms with E-state index in [4.69, 9.17) is 0 Å². The first-order valence-corrected chi connectivity index (χ1v) is 8.18. The van der Waals surface area contributed by atoms with Gasteiger partial charge in [0.25, 0.3) is 16.4 Å². The number of rotatable bonds is 6. The zero-order chi connectivity index (χ0) is 14.6. The molecule has 20 heavy (non-hydrogen) atoms. The summed E-state index contributed by atoms with van der Waals surface area (Å²) in [4.78, 5) is 0. The van der Waals surface area contributed by atoms with E-state index in [2.05, 4.69) is 0 Å². The Morgan fingerprint density at radius 2 is 1.80 bits per heavy atom. The number of sulfonamides is 1. The number of nitrogens with zero attached hydrogens (tertiary/aromatic N) is 1. The highest BCUT2D eigenvalue weighted by Gasteiger charge is 2.28. The van der Waals surface area contributed by atoms with Gasteiger partial charge in [0.1, 0.15) is 4.21 Å². The van der Waals surface area contributed by atoms with Gasteiger partial charge in [-0.25, -0.2) is 17.2 Å². The molecule has 0 N–H and O–H groups in total. The minimum Gasteiger partial charge on any atom is -0.209 e. The zero-order valence-corrected chi connectivity index (χ0v) is 12.1. The average molecular weight is 317 g/mol. The predicted octanol–water partition coefficient (Wildman–Crippen LogP) is 3.20. The number of hydrogen-bond acceptors (Lipinski definition) is 3. The molecule has 0 aliphatic carbocycles. The predicted molar refractivity (Wildman–Crippen MR) is 74.4 cm³/mol. The standard InChI is InChI=1S/C13H13F2NO2S2/c14-12(15)10-16(9-11-5-2-1-3-6-11)20(17,18)13-7-4-8-19-13/h1-8,12H,9-10H2. The van der Waals surface area contributed by atoms with E-state index in [0.717, 1.165) is 15.6 Å². The van der Waals surface area contributed by atoms with Gasteiger partial charge in [-0.3, -0.25) is 0 Å². The van der Waals surface area contributed by atoms with Crippen LogP contribution < -0.4 is 0 Å². The van der Waals surface area contributed by atoms with Crippen LogP contribution in [-0.4, -0.2) is 25.7 Å². The summed E-state index contributed by atoms with van der Waals surface area (Å²) in [5, 5.41) is 1.61. The van der Waals surface area contributed by atoms with Crippen molar-refractivity contribution < 1.29 is 17.2 Å². The second-order valence-electron chi connectivity index (χ2n) is 4.11. The van der Waals surface area contributed by atoms with Crippen LogP contribution in [0.3, 0.4) is 0 Å². The molecule has 3 nitrogen and oxygen atoms in total. The minimum absolute atomic E-state index is 0.0641. The van der Waals surface area contributed by atoms with Crippen LogP contribution in [0.4, 0.5) is 8.78 Å². The molecule has 0 radical (unpaired) electrons. The fourth-order valence-corrected chi connectivity index (χ4v) is 4.28. The summed E-state index contributed by atoms with van der Waals surface area (Å²) < 4.78 is 50.9. The molecule has 0 amide bonds. The average Bonchev–Trinajstić information content (AvgIpc) is 2.93. The first-order chi connectivity index (χ1) is 9.50. The molecule has 1 aromatic carbocycles. The van der Waals surface area contributed by atoms with Crippen molar-refractivity contribution in [1.29, 1.82) is 0 Å². The third-order valence-corrected chi connectivity index (χ3v) is 5.82. The van der Waals surface area contributed by atoms with Crippen molar-refractivity contribution >= 4 is 21.4 Å². The molecule has 1 heterocycles. The molecular weight excluding hydrogens is 304 g/mol. The van der Waals surface area contributed by atoms with Crippen molar-refractivity contribution in [2.75, 3.05) is 6.54 Å². The van der Waals surface area contributed by atoms with E-state index in [1.807, 2.05) is 0 Å². The summed E-state index contributed by atoms with van der Waals surface area (Å²) in [6, 6.07) is 11.7. The minimum atomic E-state index is -3.88. The first-order valence-electron chi connectivity index (χ1n) is 5.86. The van der Waals surface area contributed by atoms with Crippen molar-refractivity contribution in [2.24, 2.45) is 0 Å². The van der Waals surface area contributed by atoms with Crippen LogP contribution in [0, 0.1) is 0 Å². The van der Waals surface area contributed by atoms with Gasteiger partial charge in [-0.2, -0.15) is 4.31 Å². The van der Waals surface area contributed by atoms with E-state index in [1.165, 1.54) is 6.07 Å². The van der Waals surface area contributed by atoms with Crippen molar-refractivity contribution in [3.63, 3.8) is 0 Å². The summed E-state index contributed by atoms with van der Waals surface area (Å²) in [7, 11) is -3.88. The zero-order valence-electron chi connectivity index (χ0n) is 10.4. The Hall–Kier alpha value is -1.31. The molecule has 0 bridgehead atoms. The molecule has 0 aliphatic heterocycles. The topological polar surface area (TPSA) is 37.4 Å². The van der Waals surface area contributed by atoms with Crippen LogP contribution >= 0.6 is 11.3 Å². The maximum atomic E-state index is 12.7. The van der Waals surface area contributed by atoms with Gasteiger partial charge in [0.15, 0.2) is 0 Å². The first kappa shape index (κ1) is 15.1. The lowest BCUT2D eigenvalue weighted by atomic mass is 10.2. The Bertz CT molecular complexity index is 628. The number of hydrogen-bond donors (Lipinski definition) is 0. The maximum absolute atomic E-state index is 12.7. The number of halogens is 2. The van der Waals surface area contributed by atoms with Crippen LogP contribution in [0.1, 0.15) is 5.56 Å². The fraction of sp³-hybridized carbons (Fsp3) is 0.231. The summed E-state index contributed by atoms with van der Waals surface area (Å²) in [5.41, 5.74) is 0.674. The fourth-order valence-electron chi connectivity index (χ4n) is 1.73. The Morgan fingerprint density at radius 1 is 1.10 bits per heavy atom. The molecule has 1 aromatic heterocycles. The molecule has 0 saturated heterocycles. The lowest BCUT2D eigenvalue weighted by Crippen LogP contribution is -2.34. The maximum Gasteiger partial charge on any atom is 0.253 e. The molecule has 2 rings (SSSR count). The van der Waals surface area contributed by atoms with E-state index in [0.29, 0.717) is 5.56 Å². The van der Waals surface area contributed by atoms with E-state index >= 15 is 0 Å². The lowest BCUT2D eigenvalue weighted by Gasteiger charge is -2.21. The third kappa shape index (κ3) is 3.62. The van der Waals surface area contributed by atoms with Crippen molar-refractivity contribution in [1.82, 2.24) is 4.31 Å². The van der Waals surface area contributed by atoms with Crippen molar-refractivity contribution in [3.05, 3.63) is 53.4 Å². The van der Waals surface area contributed by atoms with E-state index < -0.39 is 23.0 Å². The monoisotopic (exact) mass is 317 g/mol. The normalized spacial score (nSPS) is 12.2. The molecule has 108 valence electrons. The second kappa shape index (κ2) is 6.43. The van der Waals surface area contributed by atoms with E-state index in [9.17, 15) is 17.2 Å². The van der Waals surface area contributed by atoms with Crippen LogP contribution in [0.2, 0.25) is 0 Å². The Balaban J connectivity index is 2.28. The third-order valence-electron chi connectivity index (χ3n) is 2.63. The highest BCUT2D eigenvalue weighted by atomic mass is 32.2.